The first-order chi connectivity index (χ1) is 18.3. The summed E-state index contributed by atoms with van der Waals surface area (Å²) >= 11 is 0. The molecule has 38 heavy (non-hydrogen) atoms. The van der Waals surface area contributed by atoms with E-state index >= 15 is 0 Å². The van der Waals surface area contributed by atoms with Crippen molar-refractivity contribution >= 4 is 22.4 Å². The third-order valence-corrected chi connectivity index (χ3v) is 7.95. The Hall–Kier alpha value is -3.71. The molecule has 0 radical (unpaired) electrons. The van der Waals surface area contributed by atoms with Crippen molar-refractivity contribution in [2.75, 3.05) is 0 Å². The number of rotatable bonds is 6. The standard InChI is InChI=1S/C31H29F2N3O2/c1-36-18-23-13-21(9-10-28(23)35-36)30-24-14-20(7-8-22(24)17-34-30)29(37)12-19-4-3-11-31(38,15-19)16-25-26(32)5-2-6-27(25)33/h2,5-10,13-14,18-19,38H,3-4,11-12,15-17H2,1H3/t19-,31+/m0/s1. The molecule has 4 aromatic rings. The number of ketones is 1. The van der Waals surface area contributed by atoms with Gasteiger partial charge in [-0.15, -0.1) is 0 Å². The van der Waals surface area contributed by atoms with Crippen molar-refractivity contribution < 1.29 is 18.7 Å². The maximum Gasteiger partial charge on any atom is 0.163 e. The smallest absolute Gasteiger partial charge is 0.163 e. The second-order valence-electron chi connectivity index (χ2n) is 10.8. The summed E-state index contributed by atoms with van der Waals surface area (Å²) in [5, 5.41) is 16.7. The topological polar surface area (TPSA) is 67.5 Å². The van der Waals surface area contributed by atoms with Crippen LogP contribution in [0.15, 0.2) is 65.8 Å². The quantitative estimate of drug-likeness (QED) is 0.325. The maximum atomic E-state index is 14.2. The van der Waals surface area contributed by atoms with Gasteiger partial charge in [0.1, 0.15) is 11.6 Å². The SMILES string of the molecule is Cn1cc2cc(C3=NCc4ccc(C(=O)C[C@@H]5CCC[C@](O)(Cc6c(F)cccc6F)C5)cc43)ccc2n1. The average molecular weight is 514 g/mol. The summed E-state index contributed by atoms with van der Waals surface area (Å²) in [4.78, 5) is 18.1. The van der Waals surface area contributed by atoms with Crippen LogP contribution in [0.1, 0.15) is 64.7 Å². The van der Waals surface area contributed by atoms with Crippen LogP contribution in [0.3, 0.4) is 0 Å². The van der Waals surface area contributed by atoms with Crippen LogP contribution in [-0.2, 0) is 20.0 Å². The molecule has 0 spiro atoms. The monoisotopic (exact) mass is 513 g/mol. The van der Waals surface area contributed by atoms with E-state index in [1.54, 1.807) is 4.68 Å². The Morgan fingerprint density at radius 2 is 1.95 bits per heavy atom. The lowest BCUT2D eigenvalue weighted by atomic mass is 9.73. The molecule has 3 aromatic carbocycles. The van der Waals surface area contributed by atoms with E-state index in [9.17, 15) is 18.7 Å². The predicted molar refractivity (Wildman–Crippen MR) is 142 cm³/mol. The van der Waals surface area contributed by atoms with Crippen LogP contribution in [0.4, 0.5) is 8.78 Å². The van der Waals surface area contributed by atoms with Gasteiger partial charge in [-0.25, -0.2) is 8.78 Å². The van der Waals surface area contributed by atoms with Crippen molar-refractivity contribution in [3.63, 3.8) is 0 Å². The minimum absolute atomic E-state index is 0.00748. The van der Waals surface area contributed by atoms with Crippen molar-refractivity contribution in [2.24, 2.45) is 18.0 Å². The van der Waals surface area contributed by atoms with Crippen molar-refractivity contribution in [1.82, 2.24) is 9.78 Å². The van der Waals surface area contributed by atoms with Gasteiger partial charge in [-0.3, -0.25) is 14.5 Å². The number of halogens is 2. The number of benzene rings is 3. The Labute approximate surface area is 219 Å². The molecule has 0 saturated heterocycles. The molecule has 1 aliphatic carbocycles. The fourth-order valence-electron chi connectivity index (χ4n) is 6.11. The summed E-state index contributed by atoms with van der Waals surface area (Å²) in [6.45, 7) is 0.576. The maximum absolute atomic E-state index is 14.2. The molecule has 2 aliphatic rings. The van der Waals surface area contributed by atoms with Gasteiger partial charge in [0.05, 0.1) is 23.4 Å². The molecule has 6 rings (SSSR count). The summed E-state index contributed by atoms with van der Waals surface area (Å²) in [6, 6.07) is 15.6. The number of Topliss-reactive ketones (excluding diaryl/α,β-unsaturated/α-hetero) is 1. The molecule has 1 aromatic heterocycles. The second-order valence-corrected chi connectivity index (χ2v) is 10.8. The molecule has 0 bridgehead atoms. The average Bonchev–Trinajstić information content (AvgIpc) is 3.48. The van der Waals surface area contributed by atoms with Gasteiger partial charge >= 0.3 is 0 Å². The van der Waals surface area contributed by atoms with E-state index in [0.717, 1.165) is 39.7 Å². The van der Waals surface area contributed by atoms with Gasteiger partial charge < -0.3 is 5.11 Å². The van der Waals surface area contributed by atoms with Gasteiger partial charge in [-0.05, 0) is 61.1 Å². The van der Waals surface area contributed by atoms with Crippen molar-refractivity contribution in [3.05, 3.63) is 100 Å². The first kappa shape index (κ1) is 24.6. The zero-order valence-electron chi connectivity index (χ0n) is 21.3. The Morgan fingerprint density at radius 1 is 1.13 bits per heavy atom. The number of aromatic nitrogens is 2. The molecule has 7 heteroatoms. The zero-order chi connectivity index (χ0) is 26.4. The van der Waals surface area contributed by atoms with Crippen LogP contribution in [0.5, 0.6) is 0 Å². The normalized spacial score (nSPS) is 20.9. The van der Waals surface area contributed by atoms with E-state index in [0.29, 0.717) is 31.4 Å². The number of aryl methyl sites for hydroxylation is 1. The first-order valence-electron chi connectivity index (χ1n) is 13.1. The summed E-state index contributed by atoms with van der Waals surface area (Å²) < 4.78 is 30.2. The number of carbonyl (C=O) groups is 1. The van der Waals surface area contributed by atoms with Gasteiger partial charge in [-0.1, -0.05) is 30.7 Å². The molecular weight excluding hydrogens is 484 g/mol. The first-order valence-corrected chi connectivity index (χ1v) is 13.1. The largest absolute Gasteiger partial charge is 0.390 e. The van der Waals surface area contributed by atoms with Crippen LogP contribution < -0.4 is 0 Å². The number of aliphatic hydroxyl groups is 1. The number of hydrogen-bond acceptors (Lipinski definition) is 4. The fraction of sp³-hybridized carbons (Fsp3) is 0.323. The predicted octanol–water partition coefficient (Wildman–Crippen LogP) is 5.94. The highest BCUT2D eigenvalue weighted by molar-refractivity contribution is 6.17. The molecule has 0 amide bonds. The summed E-state index contributed by atoms with van der Waals surface area (Å²) in [7, 11) is 1.89. The lowest BCUT2D eigenvalue weighted by molar-refractivity contribution is -0.0171. The van der Waals surface area contributed by atoms with E-state index in [1.165, 1.54) is 18.2 Å². The Kier molecular flexibility index (Phi) is 6.19. The van der Waals surface area contributed by atoms with E-state index in [4.69, 9.17) is 4.99 Å². The van der Waals surface area contributed by atoms with Crippen LogP contribution in [-0.4, -0.2) is 32.0 Å². The van der Waals surface area contributed by atoms with Gasteiger partial charge in [0.25, 0.3) is 0 Å². The van der Waals surface area contributed by atoms with Gasteiger partial charge in [0, 0.05) is 53.7 Å². The van der Waals surface area contributed by atoms with Crippen LogP contribution in [0.2, 0.25) is 0 Å². The van der Waals surface area contributed by atoms with Crippen molar-refractivity contribution in [1.29, 1.82) is 0 Å². The van der Waals surface area contributed by atoms with E-state index in [1.807, 2.05) is 43.6 Å². The fourth-order valence-corrected chi connectivity index (χ4v) is 6.11. The molecule has 1 saturated carbocycles. The van der Waals surface area contributed by atoms with Crippen LogP contribution in [0, 0.1) is 17.6 Å². The van der Waals surface area contributed by atoms with Gasteiger partial charge in [0.15, 0.2) is 5.78 Å². The third-order valence-electron chi connectivity index (χ3n) is 7.95. The highest BCUT2D eigenvalue weighted by atomic mass is 19.1. The number of fused-ring (bicyclic) bond motifs is 2. The number of aliphatic imine (C=N–C) groups is 1. The molecule has 0 unspecified atom stereocenters. The lowest BCUT2D eigenvalue weighted by Crippen LogP contribution is -2.38. The van der Waals surface area contributed by atoms with Crippen molar-refractivity contribution in [2.45, 2.75) is 50.7 Å². The third kappa shape index (κ3) is 4.67. The van der Waals surface area contributed by atoms with Crippen LogP contribution >= 0.6 is 0 Å². The summed E-state index contributed by atoms with van der Waals surface area (Å²) in [5.41, 5.74) is 4.15. The molecule has 1 aliphatic heterocycles. The molecule has 1 fully saturated rings. The van der Waals surface area contributed by atoms with Gasteiger partial charge in [0.2, 0.25) is 0 Å². The van der Waals surface area contributed by atoms with E-state index in [2.05, 4.69) is 11.2 Å². The highest BCUT2D eigenvalue weighted by Crippen LogP contribution is 2.38. The minimum atomic E-state index is -1.23. The molecule has 5 nitrogen and oxygen atoms in total. The lowest BCUT2D eigenvalue weighted by Gasteiger charge is -2.37. The van der Waals surface area contributed by atoms with Gasteiger partial charge in [-0.2, -0.15) is 5.10 Å². The second kappa shape index (κ2) is 9.55. The molecular formula is C31H29F2N3O2. The minimum Gasteiger partial charge on any atom is -0.390 e. The summed E-state index contributed by atoms with van der Waals surface area (Å²) in [5.74, 6) is -1.33. The molecule has 1 N–H and O–H groups in total. The van der Waals surface area contributed by atoms with E-state index < -0.39 is 17.2 Å². The summed E-state index contributed by atoms with van der Waals surface area (Å²) in [6.07, 6.45) is 4.49. The number of carbonyl (C=O) groups excluding carboxylic acids is 1. The number of nitrogens with zero attached hydrogens (tertiary/aromatic N) is 3. The van der Waals surface area contributed by atoms with Crippen molar-refractivity contribution in [3.8, 4) is 0 Å². The highest BCUT2D eigenvalue weighted by Gasteiger charge is 2.36. The molecule has 194 valence electrons. The number of hydrogen-bond donors (Lipinski definition) is 1. The van der Waals surface area contributed by atoms with E-state index in [-0.39, 0.29) is 30.1 Å². The Balaban J connectivity index is 1.19. The Morgan fingerprint density at radius 3 is 2.76 bits per heavy atom. The van der Waals surface area contributed by atoms with Crippen LogP contribution in [0.25, 0.3) is 10.9 Å². The zero-order valence-corrected chi connectivity index (χ0v) is 21.3. The Bertz CT molecular complexity index is 1570. The molecule has 2 heterocycles. The molecule has 2 atom stereocenters.